The van der Waals surface area contributed by atoms with Crippen LogP contribution >= 0.6 is 47.3 Å². The molecule has 1 amide bonds. The van der Waals surface area contributed by atoms with Gasteiger partial charge in [-0.3, -0.25) is 9.59 Å². The van der Waals surface area contributed by atoms with Crippen LogP contribution in [0.2, 0.25) is 0 Å². The summed E-state index contributed by atoms with van der Waals surface area (Å²) in [7, 11) is 0. The molecule has 0 bridgehead atoms. The summed E-state index contributed by atoms with van der Waals surface area (Å²) in [6, 6.07) is 0.212. The van der Waals surface area contributed by atoms with Crippen LogP contribution in [0, 0.1) is 0 Å². The molecule has 7 nitrogen and oxygen atoms in total. The van der Waals surface area contributed by atoms with Gasteiger partial charge in [0, 0.05) is 30.5 Å². The summed E-state index contributed by atoms with van der Waals surface area (Å²) in [5.74, 6) is 1.88. The molecular weight excluding hydrogens is 380 g/mol. The minimum atomic E-state index is -0.283. The Hall–Kier alpha value is -0.550. The summed E-state index contributed by atoms with van der Waals surface area (Å²) in [5, 5.41) is 14.4. The van der Waals surface area contributed by atoms with Crippen molar-refractivity contribution in [2.75, 3.05) is 35.7 Å². The molecule has 11 heteroatoms. The van der Waals surface area contributed by atoms with Crippen LogP contribution in [-0.2, 0) is 14.3 Å². The van der Waals surface area contributed by atoms with Gasteiger partial charge in [-0.2, -0.15) is 11.8 Å². The summed E-state index contributed by atoms with van der Waals surface area (Å²) < 4.78 is 5.47. The lowest BCUT2D eigenvalue weighted by atomic mass is 10.2. The van der Waals surface area contributed by atoms with Gasteiger partial charge in [-0.25, -0.2) is 0 Å². The number of nitrogens with zero attached hydrogens (tertiary/aromatic N) is 2. The molecule has 1 aromatic rings. The van der Waals surface area contributed by atoms with Crippen LogP contribution in [0.1, 0.15) is 13.3 Å². The van der Waals surface area contributed by atoms with Gasteiger partial charge >= 0.3 is 5.97 Å². The highest BCUT2D eigenvalue weighted by Crippen LogP contribution is 2.25. The highest BCUT2D eigenvalue weighted by molar-refractivity contribution is 8.01. The molecule has 1 fully saturated rings. The molecule has 0 spiro atoms. The van der Waals surface area contributed by atoms with E-state index in [1.165, 1.54) is 23.1 Å². The van der Waals surface area contributed by atoms with Gasteiger partial charge in [0.2, 0.25) is 11.0 Å². The van der Waals surface area contributed by atoms with Gasteiger partial charge in [0.15, 0.2) is 4.34 Å². The van der Waals surface area contributed by atoms with E-state index in [9.17, 15) is 9.59 Å². The topological polar surface area (TPSA) is 93.2 Å². The van der Waals surface area contributed by atoms with Crippen molar-refractivity contribution in [2.24, 2.45) is 0 Å². The second-order valence-electron chi connectivity index (χ2n) is 4.45. The molecule has 0 radical (unpaired) electrons. The fourth-order valence-corrected chi connectivity index (χ4v) is 4.30. The van der Waals surface area contributed by atoms with Crippen molar-refractivity contribution < 1.29 is 14.3 Å². The number of rotatable bonds is 7. The van der Waals surface area contributed by atoms with Gasteiger partial charge in [-0.05, 0) is 6.92 Å². The van der Waals surface area contributed by atoms with E-state index in [-0.39, 0.29) is 36.1 Å². The van der Waals surface area contributed by atoms with Gasteiger partial charge in [0.1, 0.15) is 0 Å². The molecular formula is C12H19ClN4O3S3. The second-order valence-corrected chi connectivity index (χ2v) is 7.79. The van der Waals surface area contributed by atoms with Gasteiger partial charge < -0.3 is 15.4 Å². The maximum Gasteiger partial charge on any atom is 0.316 e. The number of hydrogen-bond donors (Lipinski definition) is 2. The van der Waals surface area contributed by atoms with Crippen LogP contribution in [0.4, 0.5) is 5.13 Å². The van der Waals surface area contributed by atoms with E-state index in [2.05, 4.69) is 20.8 Å². The quantitative estimate of drug-likeness (QED) is 0.407. The lowest BCUT2D eigenvalue weighted by Crippen LogP contribution is -2.39. The van der Waals surface area contributed by atoms with Crippen LogP contribution in [0.3, 0.4) is 0 Å². The van der Waals surface area contributed by atoms with Crippen molar-refractivity contribution in [1.82, 2.24) is 15.5 Å². The van der Waals surface area contributed by atoms with E-state index in [0.29, 0.717) is 22.5 Å². The van der Waals surface area contributed by atoms with Crippen LogP contribution in [0.25, 0.3) is 0 Å². The molecule has 130 valence electrons. The average Bonchev–Trinajstić information content (AvgIpc) is 2.94. The van der Waals surface area contributed by atoms with Crippen molar-refractivity contribution >= 4 is 64.3 Å². The number of halogens is 1. The number of thioether (sulfide) groups is 2. The third-order valence-corrected chi connectivity index (χ3v) is 5.78. The molecule has 2 N–H and O–H groups in total. The molecule has 2 heterocycles. The Kier molecular flexibility index (Phi) is 9.88. The predicted molar refractivity (Wildman–Crippen MR) is 96.9 cm³/mol. The van der Waals surface area contributed by atoms with Gasteiger partial charge in [-0.15, -0.1) is 22.6 Å². The minimum Gasteiger partial charge on any atom is -0.465 e. The number of esters is 1. The van der Waals surface area contributed by atoms with Crippen LogP contribution in [0.5, 0.6) is 0 Å². The highest BCUT2D eigenvalue weighted by Gasteiger charge is 2.18. The van der Waals surface area contributed by atoms with Gasteiger partial charge in [0.05, 0.1) is 12.4 Å². The lowest BCUT2D eigenvalue weighted by Gasteiger charge is -2.22. The second kappa shape index (κ2) is 11.1. The minimum absolute atomic E-state index is 0. The molecule has 1 aliphatic rings. The first-order chi connectivity index (χ1) is 10.7. The van der Waals surface area contributed by atoms with Crippen molar-refractivity contribution in [3.05, 3.63) is 0 Å². The standard InChI is InChI=1S/C12H18N4O3S3.ClH/c1-2-19-10(18)7-21-12-16-15-11(22-12)14-9(17)5-8-6-20-4-3-13-8;/h8,13H,2-7H2,1H3,(H,14,15,17);1H. The molecule has 1 unspecified atom stereocenters. The molecule has 1 atom stereocenters. The number of aromatic nitrogens is 2. The first-order valence-corrected chi connectivity index (χ1v) is 9.86. The predicted octanol–water partition coefficient (Wildman–Crippen LogP) is 1.65. The van der Waals surface area contributed by atoms with E-state index >= 15 is 0 Å². The Labute approximate surface area is 153 Å². The zero-order valence-electron chi connectivity index (χ0n) is 12.6. The number of anilines is 1. The number of nitrogens with one attached hydrogen (secondary N) is 2. The molecule has 0 aliphatic carbocycles. The number of ether oxygens (including phenoxy) is 1. The summed E-state index contributed by atoms with van der Waals surface area (Å²) in [4.78, 5) is 23.2. The SMILES string of the molecule is CCOC(=O)CSc1nnc(NC(=O)CC2CSCCN2)s1.Cl. The summed E-state index contributed by atoms with van der Waals surface area (Å²) in [6.45, 7) is 3.07. The van der Waals surface area contributed by atoms with Crippen LogP contribution in [0.15, 0.2) is 4.34 Å². The highest BCUT2D eigenvalue weighted by atomic mass is 35.5. The monoisotopic (exact) mass is 398 g/mol. The Balaban J connectivity index is 0.00000264. The first-order valence-electron chi connectivity index (χ1n) is 6.90. The number of carbonyl (C=O) groups is 2. The number of hydrogen-bond acceptors (Lipinski definition) is 9. The summed E-state index contributed by atoms with van der Waals surface area (Å²) >= 11 is 4.37. The first kappa shape index (κ1) is 20.5. The third kappa shape index (κ3) is 7.71. The van der Waals surface area contributed by atoms with Crippen molar-refractivity contribution in [2.45, 2.75) is 23.7 Å². The van der Waals surface area contributed by atoms with E-state index < -0.39 is 0 Å². The Morgan fingerprint density at radius 3 is 3.00 bits per heavy atom. The molecule has 1 aliphatic heterocycles. The Morgan fingerprint density at radius 1 is 1.48 bits per heavy atom. The van der Waals surface area contributed by atoms with Crippen LogP contribution < -0.4 is 10.6 Å². The third-order valence-electron chi connectivity index (χ3n) is 2.70. The maximum absolute atomic E-state index is 11.9. The van der Waals surface area contributed by atoms with E-state index in [1.54, 1.807) is 6.92 Å². The summed E-state index contributed by atoms with van der Waals surface area (Å²) in [5.41, 5.74) is 0. The lowest BCUT2D eigenvalue weighted by molar-refractivity contribution is -0.139. The smallest absolute Gasteiger partial charge is 0.316 e. The van der Waals surface area contributed by atoms with Crippen molar-refractivity contribution in [3.63, 3.8) is 0 Å². The molecule has 1 aromatic heterocycles. The molecule has 0 aromatic carbocycles. The van der Waals surface area contributed by atoms with Crippen molar-refractivity contribution in [3.8, 4) is 0 Å². The molecule has 1 saturated heterocycles. The number of amides is 1. The fraction of sp³-hybridized carbons (Fsp3) is 0.667. The fourth-order valence-electron chi connectivity index (χ4n) is 1.79. The average molecular weight is 399 g/mol. The van der Waals surface area contributed by atoms with Gasteiger partial charge in [0.25, 0.3) is 0 Å². The van der Waals surface area contributed by atoms with Gasteiger partial charge in [-0.1, -0.05) is 23.1 Å². The maximum atomic E-state index is 11.9. The Bertz CT molecular complexity index is 511. The van der Waals surface area contributed by atoms with E-state index in [0.717, 1.165) is 18.1 Å². The largest absolute Gasteiger partial charge is 0.465 e. The molecule has 23 heavy (non-hydrogen) atoms. The number of carbonyl (C=O) groups excluding carboxylic acids is 2. The zero-order chi connectivity index (χ0) is 15.8. The Morgan fingerprint density at radius 2 is 2.30 bits per heavy atom. The van der Waals surface area contributed by atoms with E-state index in [4.69, 9.17) is 4.74 Å². The summed E-state index contributed by atoms with van der Waals surface area (Å²) in [6.07, 6.45) is 0.428. The van der Waals surface area contributed by atoms with Crippen LogP contribution in [-0.4, -0.2) is 58.5 Å². The molecule has 0 saturated carbocycles. The normalized spacial score (nSPS) is 17.2. The zero-order valence-corrected chi connectivity index (χ0v) is 15.8. The van der Waals surface area contributed by atoms with E-state index in [1.807, 2.05) is 11.8 Å². The molecule has 2 rings (SSSR count). The van der Waals surface area contributed by atoms with Crippen molar-refractivity contribution in [1.29, 1.82) is 0 Å².